The summed E-state index contributed by atoms with van der Waals surface area (Å²) in [7, 11) is 0. The van der Waals surface area contributed by atoms with Gasteiger partial charge in [0.2, 0.25) is 0 Å². The maximum atomic E-state index is 9.36. The fraction of sp³-hybridized carbons (Fsp3) is 0.286. The van der Waals surface area contributed by atoms with Crippen LogP contribution < -0.4 is 0 Å². The van der Waals surface area contributed by atoms with Crippen molar-refractivity contribution in [3.63, 3.8) is 0 Å². The Morgan fingerprint density at radius 2 is 2.22 bits per heavy atom. The van der Waals surface area contributed by atoms with E-state index in [2.05, 4.69) is 11.2 Å². The number of aryl methyl sites for hydroxylation is 1. The molecule has 1 aliphatic heterocycles. The topological polar surface area (TPSA) is 50.8 Å². The number of hydrogen-bond donors (Lipinski definition) is 0. The Hall–Kier alpha value is -2.12. The largest absolute Gasteiger partial charge is 0.375 e. The molecule has 0 saturated carbocycles. The molecule has 0 N–H and O–H groups in total. The Bertz CT molecular complexity index is 637. The van der Waals surface area contributed by atoms with Crippen LogP contribution in [0.25, 0.3) is 5.69 Å². The molecule has 1 aromatic heterocycles. The highest BCUT2D eigenvalue weighted by atomic mass is 16.5. The van der Waals surface area contributed by atoms with Crippen LogP contribution in [0.5, 0.6) is 0 Å². The normalized spacial score (nSPS) is 14.0. The van der Waals surface area contributed by atoms with Crippen molar-refractivity contribution in [1.29, 1.82) is 5.26 Å². The van der Waals surface area contributed by atoms with Crippen molar-refractivity contribution >= 4 is 0 Å². The lowest BCUT2D eigenvalue weighted by molar-refractivity contribution is 0.108. The zero-order chi connectivity index (χ0) is 12.5. The molecule has 0 radical (unpaired) electrons. The third kappa shape index (κ3) is 1.60. The number of nitriles is 1. The zero-order valence-electron chi connectivity index (χ0n) is 10.2. The van der Waals surface area contributed by atoms with E-state index in [1.165, 1.54) is 0 Å². The summed E-state index contributed by atoms with van der Waals surface area (Å²) >= 11 is 0. The summed E-state index contributed by atoms with van der Waals surface area (Å²) in [5.41, 5.74) is 4.63. The first-order valence-electron chi connectivity index (χ1n) is 5.96. The predicted octanol–water partition coefficient (Wildman–Crippen LogP) is 2.13. The van der Waals surface area contributed by atoms with Gasteiger partial charge in [0, 0.05) is 12.0 Å². The van der Waals surface area contributed by atoms with Crippen LogP contribution in [-0.2, 0) is 17.8 Å². The first-order valence-corrected chi connectivity index (χ1v) is 5.96. The van der Waals surface area contributed by atoms with Crippen LogP contribution in [0.4, 0.5) is 0 Å². The maximum absolute atomic E-state index is 9.36. The van der Waals surface area contributed by atoms with Crippen molar-refractivity contribution in [1.82, 2.24) is 9.78 Å². The fourth-order valence-electron chi connectivity index (χ4n) is 2.31. The molecule has 90 valence electrons. The number of ether oxygens (including phenoxy) is 1. The zero-order valence-corrected chi connectivity index (χ0v) is 10.2. The van der Waals surface area contributed by atoms with Gasteiger partial charge in [0.05, 0.1) is 24.6 Å². The fourth-order valence-corrected chi connectivity index (χ4v) is 2.31. The summed E-state index contributed by atoms with van der Waals surface area (Å²) in [6.07, 6.45) is 0.768. The van der Waals surface area contributed by atoms with E-state index in [4.69, 9.17) is 4.74 Å². The van der Waals surface area contributed by atoms with Crippen LogP contribution in [0.1, 0.15) is 22.5 Å². The minimum Gasteiger partial charge on any atom is -0.375 e. The van der Waals surface area contributed by atoms with Crippen molar-refractivity contribution in [2.45, 2.75) is 20.0 Å². The van der Waals surface area contributed by atoms with E-state index in [9.17, 15) is 5.26 Å². The molecule has 18 heavy (non-hydrogen) atoms. The van der Waals surface area contributed by atoms with Gasteiger partial charge in [-0.3, -0.25) is 0 Å². The lowest BCUT2D eigenvalue weighted by atomic mass is 10.1. The first-order chi connectivity index (χ1) is 8.81. The summed E-state index contributed by atoms with van der Waals surface area (Å²) in [6.45, 7) is 3.19. The molecule has 0 aliphatic carbocycles. The standard InChI is InChI=1S/C14H13N3O/c1-10-4-2-3-5-13(10)17-14(8-15)11-6-7-18-9-12(11)16-17/h2-5H,6-7,9H2,1H3. The van der Waals surface area contributed by atoms with E-state index in [1.807, 2.05) is 31.2 Å². The van der Waals surface area contributed by atoms with Gasteiger partial charge >= 0.3 is 0 Å². The highest BCUT2D eigenvalue weighted by Crippen LogP contribution is 2.24. The Balaban J connectivity index is 2.22. The second-order valence-corrected chi connectivity index (χ2v) is 4.39. The van der Waals surface area contributed by atoms with Crippen LogP contribution in [0, 0.1) is 18.3 Å². The lowest BCUT2D eigenvalue weighted by Crippen LogP contribution is -2.09. The molecule has 2 heterocycles. The second kappa shape index (κ2) is 4.28. The molecule has 1 aromatic carbocycles. The highest BCUT2D eigenvalue weighted by Gasteiger charge is 2.22. The molecule has 0 bridgehead atoms. The number of para-hydroxylation sites is 1. The van der Waals surface area contributed by atoms with Crippen molar-refractivity contribution < 1.29 is 4.74 Å². The van der Waals surface area contributed by atoms with E-state index in [-0.39, 0.29) is 0 Å². The molecule has 0 atom stereocenters. The molecule has 4 heteroatoms. The third-order valence-corrected chi connectivity index (χ3v) is 3.25. The molecular weight excluding hydrogens is 226 g/mol. The van der Waals surface area contributed by atoms with Crippen LogP contribution in [0.2, 0.25) is 0 Å². The predicted molar refractivity (Wildman–Crippen MR) is 66.4 cm³/mol. The van der Waals surface area contributed by atoms with Gasteiger partial charge in [0.15, 0.2) is 0 Å². The van der Waals surface area contributed by atoms with Gasteiger partial charge in [0.25, 0.3) is 0 Å². The number of hydrogen-bond acceptors (Lipinski definition) is 3. The van der Waals surface area contributed by atoms with E-state index >= 15 is 0 Å². The van der Waals surface area contributed by atoms with Crippen molar-refractivity contribution in [2.75, 3.05) is 6.61 Å². The molecule has 2 aromatic rings. The highest BCUT2D eigenvalue weighted by molar-refractivity contribution is 5.47. The Morgan fingerprint density at radius 1 is 1.39 bits per heavy atom. The Kier molecular flexibility index (Phi) is 2.62. The molecule has 0 spiro atoms. The van der Waals surface area contributed by atoms with Gasteiger partial charge in [-0.1, -0.05) is 18.2 Å². The summed E-state index contributed by atoms with van der Waals surface area (Å²) < 4.78 is 7.13. The van der Waals surface area contributed by atoms with E-state index in [0.29, 0.717) is 18.9 Å². The van der Waals surface area contributed by atoms with E-state index in [1.54, 1.807) is 4.68 Å². The quantitative estimate of drug-likeness (QED) is 0.766. The molecule has 3 rings (SSSR count). The Labute approximate surface area is 105 Å². The van der Waals surface area contributed by atoms with Gasteiger partial charge in [-0.2, -0.15) is 10.4 Å². The van der Waals surface area contributed by atoms with Gasteiger partial charge in [-0.15, -0.1) is 0 Å². The molecule has 0 fully saturated rings. The average Bonchev–Trinajstić information content (AvgIpc) is 2.77. The minimum absolute atomic E-state index is 0.503. The van der Waals surface area contributed by atoms with Crippen LogP contribution in [0.15, 0.2) is 24.3 Å². The van der Waals surface area contributed by atoms with Gasteiger partial charge in [-0.25, -0.2) is 4.68 Å². The first kappa shape index (κ1) is 11.0. The average molecular weight is 239 g/mol. The number of nitrogens with zero attached hydrogens (tertiary/aromatic N) is 3. The third-order valence-electron chi connectivity index (χ3n) is 3.25. The number of fused-ring (bicyclic) bond motifs is 1. The molecular formula is C14H13N3O. The molecule has 0 amide bonds. The summed E-state index contributed by atoms with van der Waals surface area (Å²) in [5, 5.41) is 13.9. The van der Waals surface area contributed by atoms with Crippen LogP contribution >= 0.6 is 0 Å². The van der Waals surface area contributed by atoms with Crippen molar-refractivity contribution in [2.24, 2.45) is 0 Å². The van der Waals surface area contributed by atoms with E-state index in [0.717, 1.165) is 28.9 Å². The molecule has 0 saturated heterocycles. The summed E-state index contributed by atoms with van der Waals surface area (Å²) in [4.78, 5) is 0. The summed E-state index contributed by atoms with van der Waals surface area (Å²) in [6, 6.07) is 10.2. The van der Waals surface area contributed by atoms with Crippen molar-refractivity contribution in [3.8, 4) is 11.8 Å². The second-order valence-electron chi connectivity index (χ2n) is 4.39. The lowest BCUT2D eigenvalue weighted by Gasteiger charge is -2.09. The Morgan fingerprint density at radius 3 is 3.00 bits per heavy atom. The van der Waals surface area contributed by atoms with Gasteiger partial charge < -0.3 is 4.74 Å². The molecule has 4 nitrogen and oxygen atoms in total. The maximum Gasteiger partial charge on any atom is 0.147 e. The molecule has 1 aliphatic rings. The van der Waals surface area contributed by atoms with Gasteiger partial charge in [0.1, 0.15) is 11.8 Å². The SMILES string of the molecule is Cc1ccccc1-n1nc2c(c1C#N)CCOC2. The minimum atomic E-state index is 0.503. The smallest absolute Gasteiger partial charge is 0.147 e. The molecule has 0 unspecified atom stereocenters. The number of aromatic nitrogens is 2. The van der Waals surface area contributed by atoms with E-state index < -0.39 is 0 Å². The van der Waals surface area contributed by atoms with Crippen molar-refractivity contribution in [3.05, 3.63) is 46.8 Å². The monoisotopic (exact) mass is 239 g/mol. The van der Waals surface area contributed by atoms with Crippen LogP contribution in [-0.4, -0.2) is 16.4 Å². The number of benzene rings is 1. The summed E-state index contributed by atoms with van der Waals surface area (Å²) in [5.74, 6) is 0. The van der Waals surface area contributed by atoms with Gasteiger partial charge in [-0.05, 0) is 18.6 Å². The number of rotatable bonds is 1. The van der Waals surface area contributed by atoms with Crippen LogP contribution in [0.3, 0.4) is 0 Å².